The van der Waals surface area contributed by atoms with Gasteiger partial charge in [0, 0.05) is 49.2 Å². The lowest BCUT2D eigenvalue weighted by Crippen LogP contribution is -2.15. The van der Waals surface area contributed by atoms with Crippen molar-refractivity contribution in [1.29, 1.82) is 0 Å². The largest absolute Gasteiger partial charge is 0.456 e. The van der Waals surface area contributed by atoms with E-state index in [-0.39, 0.29) is 5.41 Å². The number of fused-ring (bicyclic) bond motifs is 10. The van der Waals surface area contributed by atoms with Crippen LogP contribution in [0.1, 0.15) is 25.0 Å². The summed E-state index contributed by atoms with van der Waals surface area (Å²) in [6, 6.07) is 52.5. The molecule has 0 aliphatic heterocycles. The standard InChI is InChI=1S/C48H31N3O2/c1-48(2)39-26-30(19-21-33(39)37-23-24-38-35-16-7-9-18-41(35)53-44(38)43(37)48)29-13-10-14-31(25-29)46-49-45(28-11-4-3-5-12-28)50-47(51-46)32-20-22-36-34-15-6-8-17-40(34)52-42(36)27-32/h3-27H,1-2H3. The maximum absolute atomic E-state index is 6.54. The average Bonchev–Trinajstić information content (AvgIpc) is 3.85. The normalized spacial score (nSPS) is 13.2. The van der Waals surface area contributed by atoms with Crippen molar-refractivity contribution in [2.45, 2.75) is 19.3 Å². The van der Waals surface area contributed by atoms with Crippen molar-refractivity contribution < 1.29 is 8.83 Å². The first-order chi connectivity index (χ1) is 26.0. The summed E-state index contributed by atoms with van der Waals surface area (Å²) in [6.45, 7) is 4.62. The van der Waals surface area contributed by atoms with E-state index < -0.39 is 0 Å². The molecule has 3 aromatic heterocycles. The van der Waals surface area contributed by atoms with Gasteiger partial charge < -0.3 is 8.83 Å². The predicted octanol–water partition coefficient (Wildman–Crippen LogP) is 12.6. The summed E-state index contributed by atoms with van der Waals surface area (Å²) >= 11 is 0. The average molecular weight is 682 g/mol. The summed E-state index contributed by atoms with van der Waals surface area (Å²) < 4.78 is 12.8. The molecule has 0 bridgehead atoms. The van der Waals surface area contributed by atoms with E-state index in [1.807, 2.05) is 60.7 Å². The number of para-hydroxylation sites is 2. The van der Waals surface area contributed by atoms with Gasteiger partial charge in [0.25, 0.3) is 0 Å². The molecule has 11 rings (SSSR count). The van der Waals surface area contributed by atoms with E-state index in [0.717, 1.165) is 71.7 Å². The van der Waals surface area contributed by atoms with Crippen LogP contribution in [0.4, 0.5) is 0 Å². The van der Waals surface area contributed by atoms with E-state index in [0.29, 0.717) is 17.5 Å². The van der Waals surface area contributed by atoms with Gasteiger partial charge in [-0.3, -0.25) is 0 Å². The van der Waals surface area contributed by atoms with Crippen LogP contribution in [0.25, 0.3) is 100 Å². The first-order valence-electron chi connectivity index (χ1n) is 17.9. The Morgan fingerprint density at radius 3 is 1.74 bits per heavy atom. The van der Waals surface area contributed by atoms with Crippen LogP contribution in [-0.4, -0.2) is 15.0 Å². The Labute approximate surface area is 305 Å². The smallest absolute Gasteiger partial charge is 0.164 e. The lowest BCUT2D eigenvalue weighted by atomic mass is 9.81. The second-order valence-electron chi connectivity index (χ2n) is 14.4. The van der Waals surface area contributed by atoms with Gasteiger partial charge in [0.1, 0.15) is 22.3 Å². The predicted molar refractivity (Wildman–Crippen MR) is 214 cm³/mol. The van der Waals surface area contributed by atoms with Crippen molar-refractivity contribution in [3.05, 3.63) is 163 Å². The molecule has 0 N–H and O–H groups in total. The lowest BCUT2D eigenvalue weighted by molar-refractivity contribution is 0.620. The molecule has 5 nitrogen and oxygen atoms in total. The molecular formula is C48H31N3O2. The Morgan fingerprint density at radius 2 is 0.943 bits per heavy atom. The molecule has 1 aliphatic carbocycles. The minimum absolute atomic E-state index is 0.250. The molecule has 0 saturated heterocycles. The van der Waals surface area contributed by atoms with E-state index in [4.69, 9.17) is 23.8 Å². The van der Waals surface area contributed by atoms with Crippen LogP contribution < -0.4 is 0 Å². The first-order valence-corrected chi connectivity index (χ1v) is 17.9. The zero-order valence-electron chi connectivity index (χ0n) is 29.1. The van der Waals surface area contributed by atoms with Gasteiger partial charge in [-0.25, -0.2) is 15.0 Å². The third-order valence-electron chi connectivity index (χ3n) is 10.9. The second-order valence-corrected chi connectivity index (χ2v) is 14.4. The molecule has 0 radical (unpaired) electrons. The maximum atomic E-state index is 6.54. The summed E-state index contributed by atoms with van der Waals surface area (Å²) in [5.74, 6) is 1.83. The van der Waals surface area contributed by atoms with Crippen molar-refractivity contribution in [1.82, 2.24) is 15.0 Å². The van der Waals surface area contributed by atoms with Gasteiger partial charge in [0.2, 0.25) is 0 Å². The molecule has 7 aromatic carbocycles. The lowest BCUT2D eigenvalue weighted by Gasteiger charge is -2.22. The molecule has 0 saturated carbocycles. The molecule has 10 aromatic rings. The monoisotopic (exact) mass is 681 g/mol. The number of furan rings is 2. The minimum Gasteiger partial charge on any atom is -0.456 e. The summed E-state index contributed by atoms with van der Waals surface area (Å²) in [5, 5.41) is 4.48. The number of rotatable bonds is 4. The number of nitrogens with zero attached hydrogens (tertiary/aromatic N) is 3. The zero-order chi connectivity index (χ0) is 35.3. The summed E-state index contributed by atoms with van der Waals surface area (Å²) in [7, 11) is 0. The summed E-state index contributed by atoms with van der Waals surface area (Å²) in [4.78, 5) is 15.1. The van der Waals surface area contributed by atoms with E-state index >= 15 is 0 Å². The molecule has 53 heavy (non-hydrogen) atoms. The fourth-order valence-corrected chi connectivity index (χ4v) is 8.30. The van der Waals surface area contributed by atoms with E-state index in [2.05, 4.69) is 105 Å². The van der Waals surface area contributed by atoms with Crippen molar-refractivity contribution >= 4 is 43.9 Å². The summed E-state index contributed by atoms with van der Waals surface area (Å²) in [5.41, 5.74) is 13.3. The Kier molecular flexibility index (Phi) is 6.23. The molecule has 0 spiro atoms. The zero-order valence-corrected chi connectivity index (χ0v) is 29.1. The van der Waals surface area contributed by atoms with Gasteiger partial charge in [-0.1, -0.05) is 123 Å². The highest BCUT2D eigenvalue weighted by Crippen LogP contribution is 2.53. The fraction of sp³-hybridized carbons (Fsp3) is 0.0625. The van der Waals surface area contributed by atoms with Gasteiger partial charge in [0.05, 0.1) is 0 Å². The molecular weight excluding hydrogens is 651 g/mol. The van der Waals surface area contributed by atoms with Crippen LogP contribution in [0, 0.1) is 0 Å². The Bertz CT molecular complexity index is 3100. The number of aromatic nitrogens is 3. The molecule has 5 heteroatoms. The number of hydrogen-bond donors (Lipinski definition) is 0. The van der Waals surface area contributed by atoms with Gasteiger partial charge in [-0.2, -0.15) is 0 Å². The van der Waals surface area contributed by atoms with Crippen LogP contribution in [0.2, 0.25) is 0 Å². The van der Waals surface area contributed by atoms with Crippen LogP contribution >= 0.6 is 0 Å². The van der Waals surface area contributed by atoms with Crippen molar-refractivity contribution in [2.24, 2.45) is 0 Å². The third-order valence-corrected chi connectivity index (χ3v) is 10.9. The molecule has 0 fully saturated rings. The second kappa shape index (κ2) is 11.1. The van der Waals surface area contributed by atoms with Crippen LogP contribution in [-0.2, 0) is 5.41 Å². The SMILES string of the molecule is CC1(C)c2cc(-c3cccc(-c4nc(-c5ccccc5)nc(-c5ccc6c(c5)oc5ccccc56)n4)c3)ccc2-c2ccc3c(oc4ccccc43)c21. The highest BCUT2D eigenvalue weighted by molar-refractivity contribution is 6.09. The van der Waals surface area contributed by atoms with Gasteiger partial charge in [0.15, 0.2) is 17.5 Å². The Balaban J connectivity index is 1.02. The fourth-order valence-electron chi connectivity index (χ4n) is 8.30. The van der Waals surface area contributed by atoms with Crippen molar-refractivity contribution in [3.8, 4) is 56.4 Å². The highest BCUT2D eigenvalue weighted by atomic mass is 16.3. The number of hydrogen-bond acceptors (Lipinski definition) is 5. The Morgan fingerprint density at radius 1 is 0.396 bits per heavy atom. The van der Waals surface area contributed by atoms with E-state index in [1.165, 1.54) is 22.3 Å². The van der Waals surface area contributed by atoms with Crippen LogP contribution in [0.3, 0.4) is 0 Å². The van der Waals surface area contributed by atoms with Crippen molar-refractivity contribution in [3.63, 3.8) is 0 Å². The van der Waals surface area contributed by atoms with Gasteiger partial charge >= 0.3 is 0 Å². The highest BCUT2D eigenvalue weighted by Gasteiger charge is 2.38. The van der Waals surface area contributed by atoms with Gasteiger partial charge in [-0.15, -0.1) is 0 Å². The van der Waals surface area contributed by atoms with E-state index in [1.54, 1.807) is 0 Å². The van der Waals surface area contributed by atoms with Crippen LogP contribution in [0.5, 0.6) is 0 Å². The van der Waals surface area contributed by atoms with Gasteiger partial charge in [-0.05, 0) is 70.3 Å². The van der Waals surface area contributed by atoms with E-state index in [9.17, 15) is 0 Å². The Hall–Kier alpha value is -6.85. The molecule has 0 unspecified atom stereocenters. The maximum Gasteiger partial charge on any atom is 0.164 e. The first kappa shape index (κ1) is 29.8. The summed E-state index contributed by atoms with van der Waals surface area (Å²) in [6.07, 6.45) is 0. The van der Waals surface area contributed by atoms with Crippen molar-refractivity contribution in [2.75, 3.05) is 0 Å². The minimum atomic E-state index is -0.250. The third kappa shape index (κ3) is 4.54. The molecule has 1 aliphatic rings. The molecule has 3 heterocycles. The quantitative estimate of drug-likeness (QED) is 0.185. The topological polar surface area (TPSA) is 65.0 Å². The molecule has 250 valence electrons. The number of benzene rings is 7. The molecule has 0 amide bonds. The molecule has 0 atom stereocenters. The van der Waals surface area contributed by atoms with Crippen LogP contribution in [0.15, 0.2) is 160 Å².